The van der Waals surface area contributed by atoms with E-state index < -0.39 is 11.5 Å². The first-order valence-corrected chi connectivity index (χ1v) is 7.84. The zero-order valence-electron chi connectivity index (χ0n) is 14.8. The topological polar surface area (TPSA) is 91.6 Å². The lowest BCUT2D eigenvalue weighted by molar-refractivity contribution is -0.121. The van der Waals surface area contributed by atoms with Crippen molar-refractivity contribution in [2.45, 2.75) is 47.6 Å². The van der Waals surface area contributed by atoms with Gasteiger partial charge in [0.05, 0.1) is 18.2 Å². The third-order valence-corrected chi connectivity index (χ3v) is 3.87. The number of furan rings is 1. The number of aliphatic hydroxyl groups is 1. The van der Waals surface area contributed by atoms with Crippen LogP contribution >= 0.6 is 0 Å². The van der Waals surface area contributed by atoms with Gasteiger partial charge in [-0.15, -0.1) is 0 Å². The Kier molecular flexibility index (Phi) is 6.38. The molecule has 2 amide bonds. The van der Waals surface area contributed by atoms with Crippen molar-refractivity contribution in [1.29, 1.82) is 0 Å². The van der Waals surface area contributed by atoms with E-state index in [0.29, 0.717) is 23.6 Å². The molecule has 1 unspecified atom stereocenters. The van der Waals surface area contributed by atoms with E-state index in [0.717, 1.165) is 0 Å². The third kappa shape index (κ3) is 5.39. The summed E-state index contributed by atoms with van der Waals surface area (Å²) in [6.07, 6.45) is -0.519. The Morgan fingerprint density at radius 2 is 1.87 bits per heavy atom. The lowest BCUT2D eigenvalue weighted by Gasteiger charge is -2.33. The van der Waals surface area contributed by atoms with Gasteiger partial charge in [0, 0.05) is 12.0 Å². The highest BCUT2D eigenvalue weighted by Crippen LogP contribution is 2.24. The average Bonchev–Trinajstić information content (AvgIpc) is 2.80. The summed E-state index contributed by atoms with van der Waals surface area (Å²) in [6.45, 7) is 11.4. The quantitative estimate of drug-likeness (QED) is 0.713. The molecule has 6 nitrogen and oxygen atoms in total. The highest BCUT2D eigenvalue weighted by atomic mass is 16.3. The number of hydrogen-bond donors (Lipinski definition) is 3. The summed E-state index contributed by atoms with van der Waals surface area (Å²) in [5.41, 5.74) is -0.00242. The van der Waals surface area contributed by atoms with Crippen molar-refractivity contribution in [3.8, 4) is 0 Å². The largest absolute Gasteiger partial charge is 0.466 e. The van der Waals surface area contributed by atoms with E-state index >= 15 is 0 Å². The van der Waals surface area contributed by atoms with Crippen LogP contribution in [0.4, 0.5) is 0 Å². The molecule has 6 heteroatoms. The van der Waals surface area contributed by atoms with Crippen LogP contribution in [0.15, 0.2) is 10.5 Å². The van der Waals surface area contributed by atoms with Crippen molar-refractivity contribution in [3.05, 3.63) is 23.2 Å². The summed E-state index contributed by atoms with van der Waals surface area (Å²) in [5.74, 6) is 0.660. The smallest absolute Gasteiger partial charge is 0.255 e. The fourth-order valence-corrected chi connectivity index (χ4v) is 2.51. The molecule has 1 aromatic rings. The number of aryl methyl sites for hydroxylation is 2. The Morgan fingerprint density at radius 3 is 2.35 bits per heavy atom. The maximum absolute atomic E-state index is 12.0. The van der Waals surface area contributed by atoms with Crippen molar-refractivity contribution in [1.82, 2.24) is 10.6 Å². The van der Waals surface area contributed by atoms with Crippen molar-refractivity contribution in [2.75, 3.05) is 13.1 Å². The number of carbonyl (C=O) groups excluding carboxylic acids is 2. The molecule has 23 heavy (non-hydrogen) atoms. The van der Waals surface area contributed by atoms with Crippen LogP contribution < -0.4 is 10.6 Å². The number of aliphatic hydroxyl groups excluding tert-OH is 1. The number of hydrogen-bond acceptors (Lipinski definition) is 4. The number of amides is 2. The second kappa shape index (κ2) is 7.64. The number of rotatable bonds is 7. The SMILES string of the molecule is Cc1cc(C(=O)NCC(=O)NCC(C)(C)C(O)C(C)C)c(C)o1. The summed E-state index contributed by atoms with van der Waals surface area (Å²) < 4.78 is 5.29. The van der Waals surface area contributed by atoms with Gasteiger partial charge >= 0.3 is 0 Å². The van der Waals surface area contributed by atoms with Gasteiger partial charge in [-0.3, -0.25) is 9.59 Å². The van der Waals surface area contributed by atoms with Crippen LogP contribution in [-0.4, -0.2) is 36.1 Å². The fraction of sp³-hybridized carbons (Fsp3) is 0.647. The van der Waals surface area contributed by atoms with E-state index in [1.54, 1.807) is 19.9 Å². The number of nitrogens with one attached hydrogen (secondary N) is 2. The molecular weight excluding hydrogens is 296 g/mol. The number of carbonyl (C=O) groups is 2. The molecule has 1 rings (SSSR count). The van der Waals surface area contributed by atoms with Gasteiger partial charge < -0.3 is 20.2 Å². The zero-order chi connectivity index (χ0) is 17.8. The van der Waals surface area contributed by atoms with Gasteiger partial charge in [-0.1, -0.05) is 27.7 Å². The monoisotopic (exact) mass is 324 g/mol. The minimum Gasteiger partial charge on any atom is -0.466 e. The first-order chi connectivity index (χ1) is 10.5. The summed E-state index contributed by atoms with van der Waals surface area (Å²) in [6, 6.07) is 1.64. The molecule has 0 fully saturated rings. The van der Waals surface area contributed by atoms with Gasteiger partial charge in [-0.05, 0) is 25.8 Å². The predicted molar refractivity (Wildman–Crippen MR) is 88.2 cm³/mol. The molecule has 0 saturated carbocycles. The maximum Gasteiger partial charge on any atom is 0.255 e. The van der Waals surface area contributed by atoms with Gasteiger partial charge in [0.1, 0.15) is 11.5 Å². The lowest BCUT2D eigenvalue weighted by Crippen LogP contribution is -2.46. The first kappa shape index (κ1) is 19.2. The molecule has 0 aromatic carbocycles. The Morgan fingerprint density at radius 1 is 1.26 bits per heavy atom. The minimum atomic E-state index is -0.519. The highest BCUT2D eigenvalue weighted by molar-refractivity contribution is 5.97. The van der Waals surface area contributed by atoms with E-state index in [-0.39, 0.29) is 24.3 Å². The Bertz CT molecular complexity index is 561. The van der Waals surface area contributed by atoms with Crippen LogP contribution in [-0.2, 0) is 4.79 Å². The summed E-state index contributed by atoms with van der Waals surface area (Å²) in [4.78, 5) is 23.9. The van der Waals surface area contributed by atoms with Gasteiger partial charge in [0.25, 0.3) is 5.91 Å². The normalized spacial score (nSPS) is 13.0. The Balaban J connectivity index is 2.46. The molecule has 1 atom stereocenters. The van der Waals surface area contributed by atoms with Crippen LogP contribution in [0, 0.1) is 25.2 Å². The third-order valence-electron chi connectivity index (χ3n) is 3.87. The second-order valence-corrected chi connectivity index (χ2v) is 6.96. The predicted octanol–water partition coefficient (Wildman–Crippen LogP) is 1.79. The van der Waals surface area contributed by atoms with Gasteiger partial charge in [-0.2, -0.15) is 0 Å². The molecule has 0 aliphatic carbocycles. The van der Waals surface area contributed by atoms with Crippen LogP contribution in [0.5, 0.6) is 0 Å². The molecule has 3 N–H and O–H groups in total. The van der Waals surface area contributed by atoms with Crippen molar-refractivity contribution in [3.63, 3.8) is 0 Å². The molecule has 0 spiro atoms. The van der Waals surface area contributed by atoms with Gasteiger partial charge in [0.2, 0.25) is 5.91 Å². The van der Waals surface area contributed by atoms with Crippen molar-refractivity contribution < 1.29 is 19.1 Å². The average molecular weight is 324 g/mol. The minimum absolute atomic E-state index is 0.105. The van der Waals surface area contributed by atoms with E-state index in [1.165, 1.54) is 0 Å². The molecule has 0 aliphatic rings. The molecule has 0 radical (unpaired) electrons. The Labute approximate surface area is 137 Å². The van der Waals surface area contributed by atoms with E-state index in [4.69, 9.17) is 4.42 Å². The van der Waals surface area contributed by atoms with Gasteiger partial charge in [-0.25, -0.2) is 0 Å². The van der Waals surface area contributed by atoms with Crippen molar-refractivity contribution >= 4 is 11.8 Å². The first-order valence-electron chi connectivity index (χ1n) is 7.84. The summed E-state index contributed by atoms with van der Waals surface area (Å²) in [7, 11) is 0. The molecule has 1 aromatic heterocycles. The molecule has 0 saturated heterocycles. The van der Waals surface area contributed by atoms with Crippen molar-refractivity contribution in [2.24, 2.45) is 11.3 Å². The van der Waals surface area contributed by atoms with E-state index in [9.17, 15) is 14.7 Å². The highest BCUT2D eigenvalue weighted by Gasteiger charge is 2.30. The van der Waals surface area contributed by atoms with E-state index in [2.05, 4.69) is 10.6 Å². The van der Waals surface area contributed by atoms with Crippen LogP contribution in [0.1, 0.15) is 49.6 Å². The lowest BCUT2D eigenvalue weighted by atomic mass is 9.81. The molecule has 0 aliphatic heterocycles. The maximum atomic E-state index is 12.0. The standard InChI is InChI=1S/C17H28N2O4/c1-10(2)15(21)17(5,6)9-19-14(20)8-18-16(22)13-7-11(3)23-12(13)4/h7,10,15,21H,8-9H2,1-6H3,(H,18,22)(H,19,20). The summed E-state index contributed by atoms with van der Waals surface area (Å²) in [5, 5.41) is 15.5. The second-order valence-electron chi connectivity index (χ2n) is 6.96. The summed E-state index contributed by atoms with van der Waals surface area (Å²) >= 11 is 0. The van der Waals surface area contributed by atoms with Crippen LogP contribution in [0.25, 0.3) is 0 Å². The Hall–Kier alpha value is -1.82. The molecule has 0 bridgehead atoms. The zero-order valence-corrected chi connectivity index (χ0v) is 14.8. The molecular formula is C17H28N2O4. The molecule has 1 heterocycles. The fourth-order valence-electron chi connectivity index (χ4n) is 2.51. The van der Waals surface area contributed by atoms with Crippen LogP contribution in [0.3, 0.4) is 0 Å². The van der Waals surface area contributed by atoms with Crippen LogP contribution in [0.2, 0.25) is 0 Å². The van der Waals surface area contributed by atoms with E-state index in [1.807, 2.05) is 27.7 Å². The molecule has 130 valence electrons. The van der Waals surface area contributed by atoms with Gasteiger partial charge in [0.15, 0.2) is 0 Å².